The predicted octanol–water partition coefficient (Wildman–Crippen LogP) is 9.90. The standard InChI is InChI=1S/C36H28FN3O6S.C29H22FN3O5S/c1-21(41)46-24-9-6-22(7-10-24)19-45-34-30(42)12-14-39-33(34)36(43)38-15-16-44-20-31(38)40(39)32-25-4-2-3-5-27(25)35-28(13-17-47-35)29-18-23(37)8-11-26(29)32;1-16(34)38-27-23(35)8-10-32-26(27)29(36)31-11-12-37-15-24(31)33(32)25-18-4-2-3-5-20(18)28-21(9-13-39-28)22-14-17(30)6-7-19(22)25/h2-14,17-18,31-32H,15-16,19-20H2,1H3;2-10,13-14,24-25H,11-12,15H2,1H3/t31-,32?;24-,25?/m11/s1. The highest BCUT2D eigenvalue weighted by molar-refractivity contribution is 7.14. The topological polar surface area (TPSA) is 171 Å². The molecule has 0 spiro atoms. The first-order valence-electron chi connectivity index (χ1n) is 27.7. The fraction of sp³-hybridized carbons (Fsp3) is 0.200. The molecule has 0 radical (unpaired) electrons. The summed E-state index contributed by atoms with van der Waals surface area (Å²) >= 11 is 3.18. The summed E-state index contributed by atoms with van der Waals surface area (Å²) in [5.74, 6) is -2.59. The van der Waals surface area contributed by atoms with Gasteiger partial charge in [0, 0.05) is 72.3 Å². The smallest absolute Gasteiger partial charge is 0.308 e. The molecular weight excluding hydrogens is 1140 g/mol. The van der Waals surface area contributed by atoms with Crippen molar-refractivity contribution in [3.63, 3.8) is 0 Å². The molecule has 2 unspecified atom stereocenters. The van der Waals surface area contributed by atoms with E-state index in [0.29, 0.717) is 37.6 Å². The molecule has 0 N–H and O–H groups in total. The van der Waals surface area contributed by atoms with Crippen molar-refractivity contribution < 1.29 is 51.6 Å². The van der Waals surface area contributed by atoms with E-state index in [-0.39, 0.29) is 60.2 Å². The van der Waals surface area contributed by atoms with Gasteiger partial charge in [-0.1, -0.05) is 72.8 Å². The van der Waals surface area contributed by atoms with Gasteiger partial charge in [-0.25, -0.2) is 8.78 Å². The van der Waals surface area contributed by atoms with Crippen LogP contribution < -0.4 is 35.1 Å². The van der Waals surface area contributed by atoms with Gasteiger partial charge in [-0.15, -0.1) is 22.7 Å². The van der Waals surface area contributed by atoms with Crippen LogP contribution in [0.4, 0.5) is 8.78 Å². The summed E-state index contributed by atoms with van der Waals surface area (Å²) in [4.78, 5) is 83.1. The Labute approximate surface area is 497 Å². The van der Waals surface area contributed by atoms with Crippen molar-refractivity contribution in [2.75, 3.05) is 49.5 Å². The first-order valence-corrected chi connectivity index (χ1v) is 29.5. The zero-order valence-corrected chi connectivity index (χ0v) is 47.6. The van der Waals surface area contributed by atoms with Crippen molar-refractivity contribution in [2.45, 2.75) is 44.9 Å². The number of hydrogen-bond acceptors (Lipinski definition) is 15. The van der Waals surface area contributed by atoms with Gasteiger partial charge in [0.1, 0.15) is 36.3 Å². The summed E-state index contributed by atoms with van der Waals surface area (Å²) in [6, 6.07) is 38.1. The molecule has 0 saturated carbocycles. The Kier molecular flexibility index (Phi) is 13.8. The molecule has 4 aliphatic heterocycles. The molecule has 8 heterocycles. The number of aromatic nitrogens is 2. The Morgan fingerprint density at radius 3 is 1.50 bits per heavy atom. The van der Waals surface area contributed by atoms with E-state index in [1.807, 2.05) is 70.4 Å². The van der Waals surface area contributed by atoms with Gasteiger partial charge in [0.05, 0.1) is 38.5 Å². The Morgan fingerprint density at radius 1 is 0.535 bits per heavy atom. The minimum atomic E-state index is -0.699. The van der Waals surface area contributed by atoms with Gasteiger partial charge in [0.25, 0.3) is 11.8 Å². The van der Waals surface area contributed by atoms with Crippen molar-refractivity contribution in [1.82, 2.24) is 19.2 Å². The van der Waals surface area contributed by atoms with E-state index in [4.69, 9.17) is 23.7 Å². The molecule has 432 valence electrons. The SMILES string of the molecule is CC(=O)Oc1c2n(ccc1=O)N(C1c3ccc(F)cc3-c3ccsc3-c3ccccc31)[C@@H]1COCCN1C2=O.CC(=O)Oc1ccc(COc2c3n(ccc2=O)N(C2c4ccc(F)cc4-c4ccsc4-c4ccccc42)[C@@H]2COCCN2C3=O)cc1. The van der Waals surface area contributed by atoms with Crippen LogP contribution in [-0.2, 0) is 25.7 Å². The lowest BCUT2D eigenvalue weighted by Gasteiger charge is -2.51. The Hall–Kier alpha value is -9.54. The summed E-state index contributed by atoms with van der Waals surface area (Å²) in [5.41, 5.74) is 8.78. The largest absolute Gasteiger partial charge is 0.482 e. The van der Waals surface area contributed by atoms with Crippen molar-refractivity contribution in [1.29, 1.82) is 0 Å². The van der Waals surface area contributed by atoms with Crippen LogP contribution in [0.5, 0.6) is 17.2 Å². The van der Waals surface area contributed by atoms with Crippen molar-refractivity contribution in [2.24, 2.45) is 0 Å². The molecule has 2 saturated heterocycles. The fourth-order valence-corrected chi connectivity index (χ4v) is 14.6. The highest BCUT2D eigenvalue weighted by Crippen LogP contribution is 2.52. The maximum atomic E-state index is 14.9. The number of benzene rings is 5. The number of morpholine rings is 2. The lowest BCUT2D eigenvalue weighted by molar-refractivity contribution is -0.132. The molecule has 0 bridgehead atoms. The molecule has 6 aliphatic rings. The number of pyridine rings is 2. The number of halogens is 2. The summed E-state index contributed by atoms with van der Waals surface area (Å²) in [7, 11) is 0. The molecule has 2 aliphatic carbocycles. The van der Waals surface area contributed by atoms with Gasteiger partial charge in [-0.3, -0.25) is 48.1 Å². The first kappa shape index (κ1) is 54.4. The Morgan fingerprint density at radius 2 is 1.00 bits per heavy atom. The number of fused-ring (bicyclic) bond motifs is 14. The maximum absolute atomic E-state index is 14.9. The van der Waals surface area contributed by atoms with Crippen LogP contribution in [0, 0.1) is 11.6 Å². The number of nitrogens with zero attached hydrogens (tertiary/aromatic N) is 6. The number of carbonyl (C=O) groups is 4. The third-order valence-electron chi connectivity index (χ3n) is 16.2. The highest BCUT2D eigenvalue weighted by Gasteiger charge is 2.49. The normalized spacial score (nSPS) is 18.5. The maximum Gasteiger partial charge on any atom is 0.308 e. The molecular formula is C65H50F2N6O11S2. The Balaban J connectivity index is 0.000000155. The average molecular weight is 1190 g/mol. The number of ether oxygens (including phenoxy) is 5. The zero-order valence-electron chi connectivity index (χ0n) is 46.0. The number of rotatable bonds is 7. The van der Waals surface area contributed by atoms with E-state index >= 15 is 0 Å². The number of hydrogen-bond donors (Lipinski definition) is 0. The fourth-order valence-electron chi connectivity index (χ4n) is 12.6. The van der Waals surface area contributed by atoms with Crippen LogP contribution in [0.2, 0.25) is 0 Å². The van der Waals surface area contributed by atoms with Crippen LogP contribution in [0.1, 0.15) is 74.7 Å². The van der Waals surface area contributed by atoms with E-state index < -0.39 is 53.1 Å². The first-order chi connectivity index (χ1) is 41.8. The molecule has 17 nitrogen and oxygen atoms in total. The second-order valence-electron chi connectivity index (χ2n) is 21.2. The minimum Gasteiger partial charge on any atom is -0.482 e. The van der Waals surface area contributed by atoms with Gasteiger partial charge in [-0.05, 0) is 109 Å². The van der Waals surface area contributed by atoms with E-state index in [2.05, 4.69) is 17.1 Å². The summed E-state index contributed by atoms with van der Waals surface area (Å²) in [6.07, 6.45) is 2.06. The van der Waals surface area contributed by atoms with Gasteiger partial charge < -0.3 is 33.5 Å². The molecule has 9 aromatic rings. The van der Waals surface area contributed by atoms with Crippen LogP contribution in [0.15, 0.2) is 166 Å². The van der Waals surface area contributed by atoms with Crippen LogP contribution in [0.3, 0.4) is 0 Å². The molecule has 4 atom stereocenters. The van der Waals surface area contributed by atoms with Crippen molar-refractivity contribution >= 4 is 46.4 Å². The molecule has 21 heteroatoms. The highest BCUT2D eigenvalue weighted by atomic mass is 32.1. The summed E-state index contributed by atoms with van der Waals surface area (Å²) in [5, 5.41) is 8.05. The van der Waals surface area contributed by atoms with Gasteiger partial charge in [-0.2, -0.15) is 0 Å². The average Bonchev–Trinajstić information content (AvgIpc) is 2.16. The quantitative estimate of drug-likeness (QED) is 0.109. The summed E-state index contributed by atoms with van der Waals surface area (Å²) < 4.78 is 61.4. The molecule has 2 fully saturated rings. The predicted molar refractivity (Wildman–Crippen MR) is 317 cm³/mol. The second-order valence-corrected chi connectivity index (χ2v) is 23.0. The Bertz CT molecular complexity index is 4390. The zero-order chi connectivity index (χ0) is 59.1. The molecule has 5 aromatic carbocycles. The third kappa shape index (κ3) is 9.16. The van der Waals surface area contributed by atoms with Gasteiger partial charge in [0.15, 0.2) is 17.1 Å². The molecule has 2 amide bonds. The van der Waals surface area contributed by atoms with E-state index in [1.54, 1.807) is 90.5 Å². The monoisotopic (exact) mass is 1190 g/mol. The third-order valence-corrected chi connectivity index (χ3v) is 18.1. The van der Waals surface area contributed by atoms with Gasteiger partial charge >= 0.3 is 11.9 Å². The number of amides is 2. The number of carbonyl (C=O) groups excluding carboxylic acids is 4. The minimum absolute atomic E-state index is 0.000987. The van der Waals surface area contributed by atoms with Crippen molar-refractivity contribution in [3.8, 4) is 60.4 Å². The van der Waals surface area contributed by atoms with E-state index in [1.165, 1.54) is 44.3 Å². The number of esters is 2. The lowest BCUT2D eigenvalue weighted by Crippen LogP contribution is -2.66. The molecule has 15 rings (SSSR count). The molecule has 4 aromatic heterocycles. The summed E-state index contributed by atoms with van der Waals surface area (Å²) in [6.45, 7) is 4.26. The van der Waals surface area contributed by atoms with Crippen molar-refractivity contribution in [3.05, 3.63) is 228 Å². The number of thiophene rings is 2. The van der Waals surface area contributed by atoms with E-state index in [0.717, 1.165) is 65.4 Å². The second kappa shape index (κ2) is 21.8. The van der Waals surface area contributed by atoms with Crippen LogP contribution in [0.25, 0.3) is 43.1 Å². The lowest BCUT2D eigenvalue weighted by atomic mass is 9.92. The van der Waals surface area contributed by atoms with Gasteiger partial charge in [0.2, 0.25) is 16.6 Å². The van der Waals surface area contributed by atoms with E-state index in [9.17, 15) is 37.5 Å². The van der Waals surface area contributed by atoms with Crippen LogP contribution in [-0.4, -0.2) is 94.8 Å². The van der Waals surface area contributed by atoms with Crippen LogP contribution >= 0.6 is 22.7 Å². The molecule has 86 heavy (non-hydrogen) atoms.